The van der Waals surface area contributed by atoms with E-state index in [-0.39, 0.29) is 0 Å². The zero-order chi connectivity index (χ0) is 17.6. The molecule has 0 radical (unpaired) electrons. The van der Waals surface area contributed by atoms with E-state index in [0.717, 1.165) is 43.0 Å². The van der Waals surface area contributed by atoms with E-state index in [1.165, 1.54) is 0 Å². The highest BCUT2D eigenvalue weighted by Crippen LogP contribution is 2.14. The molecular weight excluding hydrogens is 356 g/mol. The summed E-state index contributed by atoms with van der Waals surface area (Å²) in [6, 6.07) is 9.37. The van der Waals surface area contributed by atoms with Crippen LogP contribution in [0.4, 0.5) is 0 Å². The summed E-state index contributed by atoms with van der Waals surface area (Å²) in [7, 11) is 2.11. The minimum absolute atomic E-state index is 0.626. The van der Waals surface area contributed by atoms with Crippen molar-refractivity contribution in [1.29, 1.82) is 0 Å². The standard InChI is InChI=1S/C17H19ClN6S/c1-23-8-10-24(11-9-23)17(25)22-21-16(14-6-7-19-20-12-14)13-2-4-15(18)5-3-13/h2-7,12H,8-11H2,1H3,(H,22,25). The summed E-state index contributed by atoms with van der Waals surface area (Å²) in [5.74, 6) is 0. The molecule has 0 amide bonds. The van der Waals surface area contributed by atoms with Crippen LogP contribution in [-0.2, 0) is 0 Å². The van der Waals surface area contributed by atoms with Crippen LogP contribution in [0.3, 0.4) is 0 Å². The first-order chi connectivity index (χ1) is 12.1. The molecule has 1 aliphatic rings. The predicted molar refractivity (Wildman–Crippen MR) is 104 cm³/mol. The Labute approximate surface area is 157 Å². The minimum Gasteiger partial charge on any atom is -0.345 e. The number of hydrogen-bond donors (Lipinski definition) is 1. The number of hydrazone groups is 1. The van der Waals surface area contributed by atoms with Crippen LogP contribution in [0.1, 0.15) is 11.1 Å². The summed E-state index contributed by atoms with van der Waals surface area (Å²) in [5, 5.41) is 13.6. The van der Waals surface area contributed by atoms with Gasteiger partial charge in [-0.25, -0.2) is 0 Å². The van der Waals surface area contributed by atoms with Crippen LogP contribution in [0.25, 0.3) is 0 Å². The number of halogens is 1. The van der Waals surface area contributed by atoms with E-state index in [9.17, 15) is 0 Å². The molecule has 1 N–H and O–H groups in total. The SMILES string of the molecule is CN1CCN(C(=S)NN=C(c2ccc(Cl)cc2)c2ccnnc2)CC1. The Bertz CT molecular complexity index is 741. The van der Waals surface area contributed by atoms with Crippen molar-refractivity contribution in [2.45, 2.75) is 0 Å². The largest absolute Gasteiger partial charge is 0.345 e. The maximum absolute atomic E-state index is 5.99. The minimum atomic E-state index is 0.626. The number of thiocarbonyl (C=S) groups is 1. The molecule has 1 fully saturated rings. The molecule has 0 unspecified atom stereocenters. The lowest BCUT2D eigenvalue weighted by molar-refractivity contribution is 0.214. The van der Waals surface area contributed by atoms with Gasteiger partial charge in [-0.3, -0.25) is 5.43 Å². The molecule has 6 nitrogen and oxygen atoms in total. The molecule has 0 atom stereocenters. The first kappa shape index (κ1) is 17.7. The zero-order valence-corrected chi connectivity index (χ0v) is 15.5. The van der Waals surface area contributed by atoms with E-state index in [0.29, 0.717) is 10.1 Å². The second-order valence-electron chi connectivity index (χ2n) is 5.81. The lowest BCUT2D eigenvalue weighted by Gasteiger charge is -2.33. The lowest BCUT2D eigenvalue weighted by Crippen LogP contribution is -2.49. The molecule has 1 saturated heterocycles. The summed E-state index contributed by atoms with van der Waals surface area (Å²) in [6.07, 6.45) is 3.31. The number of aromatic nitrogens is 2. The van der Waals surface area contributed by atoms with Gasteiger partial charge in [-0.05, 0) is 37.5 Å². The van der Waals surface area contributed by atoms with Gasteiger partial charge in [0.25, 0.3) is 0 Å². The van der Waals surface area contributed by atoms with Gasteiger partial charge in [0.15, 0.2) is 5.11 Å². The van der Waals surface area contributed by atoms with E-state index in [1.54, 1.807) is 12.4 Å². The predicted octanol–water partition coefficient (Wildman–Crippen LogP) is 2.00. The van der Waals surface area contributed by atoms with Crippen LogP contribution < -0.4 is 5.43 Å². The number of piperazine rings is 1. The van der Waals surface area contributed by atoms with Gasteiger partial charge in [0.2, 0.25) is 0 Å². The molecule has 3 rings (SSSR count). The molecular formula is C17H19ClN6S. The maximum atomic E-state index is 5.99. The number of rotatable bonds is 3. The fraction of sp³-hybridized carbons (Fsp3) is 0.294. The Morgan fingerprint density at radius 2 is 1.80 bits per heavy atom. The van der Waals surface area contributed by atoms with E-state index >= 15 is 0 Å². The van der Waals surface area contributed by atoms with Crippen molar-refractivity contribution in [2.24, 2.45) is 5.10 Å². The molecule has 0 spiro atoms. The Kier molecular flexibility index (Phi) is 5.91. The van der Waals surface area contributed by atoms with Gasteiger partial charge >= 0.3 is 0 Å². The Morgan fingerprint density at radius 3 is 2.44 bits per heavy atom. The molecule has 25 heavy (non-hydrogen) atoms. The van der Waals surface area contributed by atoms with E-state index in [4.69, 9.17) is 23.8 Å². The number of likely N-dealkylation sites (N-methyl/N-ethyl adjacent to an activating group) is 1. The molecule has 130 valence electrons. The highest BCUT2D eigenvalue weighted by molar-refractivity contribution is 7.80. The van der Waals surface area contributed by atoms with Crippen molar-refractivity contribution in [2.75, 3.05) is 33.2 Å². The van der Waals surface area contributed by atoms with Gasteiger partial charge in [-0.15, -0.1) is 0 Å². The normalized spacial score (nSPS) is 15.9. The molecule has 2 aromatic rings. The summed E-state index contributed by atoms with van der Waals surface area (Å²) in [6.45, 7) is 3.77. The smallest absolute Gasteiger partial charge is 0.189 e. The Morgan fingerprint density at radius 1 is 1.08 bits per heavy atom. The van der Waals surface area contributed by atoms with Gasteiger partial charge in [-0.2, -0.15) is 15.3 Å². The fourth-order valence-electron chi connectivity index (χ4n) is 2.52. The fourth-order valence-corrected chi connectivity index (χ4v) is 2.87. The van der Waals surface area contributed by atoms with E-state index in [1.807, 2.05) is 30.3 Å². The van der Waals surface area contributed by atoms with Crippen LogP contribution in [0.2, 0.25) is 5.02 Å². The lowest BCUT2D eigenvalue weighted by atomic mass is 10.0. The van der Waals surface area contributed by atoms with E-state index in [2.05, 4.69) is 37.6 Å². The van der Waals surface area contributed by atoms with E-state index < -0.39 is 0 Å². The van der Waals surface area contributed by atoms with Crippen molar-refractivity contribution < 1.29 is 0 Å². The second-order valence-corrected chi connectivity index (χ2v) is 6.63. The van der Waals surface area contributed by atoms with Crippen molar-refractivity contribution in [3.63, 3.8) is 0 Å². The van der Waals surface area contributed by atoms with Gasteiger partial charge in [-0.1, -0.05) is 23.7 Å². The van der Waals surface area contributed by atoms with Crippen LogP contribution in [-0.4, -0.2) is 64.0 Å². The topological polar surface area (TPSA) is 56.6 Å². The Balaban J connectivity index is 1.80. The summed E-state index contributed by atoms with van der Waals surface area (Å²) in [5.41, 5.74) is 5.54. The average molecular weight is 375 g/mol. The first-order valence-corrected chi connectivity index (χ1v) is 8.76. The van der Waals surface area contributed by atoms with Crippen LogP contribution in [0, 0.1) is 0 Å². The monoisotopic (exact) mass is 374 g/mol. The quantitative estimate of drug-likeness (QED) is 0.504. The first-order valence-electron chi connectivity index (χ1n) is 7.97. The molecule has 0 saturated carbocycles. The molecule has 1 aromatic heterocycles. The van der Waals surface area contributed by atoms with Gasteiger partial charge in [0.1, 0.15) is 0 Å². The molecule has 1 aromatic carbocycles. The van der Waals surface area contributed by atoms with Gasteiger partial charge < -0.3 is 9.80 Å². The van der Waals surface area contributed by atoms with Gasteiger partial charge in [0.05, 0.1) is 18.1 Å². The third-order valence-electron chi connectivity index (χ3n) is 4.03. The molecule has 8 heteroatoms. The van der Waals surface area contributed by atoms with Crippen LogP contribution in [0.5, 0.6) is 0 Å². The van der Waals surface area contributed by atoms with Crippen LogP contribution in [0.15, 0.2) is 47.8 Å². The summed E-state index contributed by atoms with van der Waals surface area (Å²) < 4.78 is 0. The van der Waals surface area contributed by atoms with Crippen molar-refractivity contribution in [3.05, 3.63) is 58.9 Å². The molecule has 0 aliphatic carbocycles. The number of nitrogens with zero attached hydrogens (tertiary/aromatic N) is 5. The number of hydrogen-bond acceptors (Lipinski definition) is 5. The molecule has 0 bridgehead atoms. The third kappa shape index (κ3) is 4.72. The second kappa shape index (κ2) is 8.33. The number of benzene rings is 1. The highest BCUT2D eigenvalue weighted by Gasteiger charge is 2.16. The average Bonchev–Trinajstić information content (AvgIpc) is 2.64. The molecule has 1 aliphatic heterocycles. The van der Waals surface area contributed by atoms with Crippen molar-refractivity contribution in [1.82, 2.24) is 25.4 Å². The zero-order valence-electron chi connectivity index (χ0n) is 13.9. The highest BCUT2D eigenvalue weighted by atomic mass is 35.5. The van der Waals surface area contributed by atoms with Crippen LogP contribution >= 0.6 is 23.8 Å². The Hall–Kier alpha value is -2.09. The summed E-state index contributed by atoms with van der Waals surface area (Å²) in [4.78, 5) is 4.41. The van der Waals surface area contributed by atoms with Crippen molar-refractivity contribution >= 4 is 34.6 Å². The van der Waals surface area contributed by atoms with Crippen molar-refractivity contribution in [3.8, 4) is 0 Å². The maximum Gasteiger partial charge on any atom is 0.189 e. The van der Waals surface area contributed by atoms with Gasteiger partial charge in [0, 0.05) is 42.3 Å². The summed E-state index contributed by atoms with van der Waals surface area (Å²) >= 11 is 11.5. The number of nitrogens with one attached hydrogen (secondary N) is 1. The molecule has 2 heterocycles. The third-order valence-corrected chi connectivity index (χ3v) is 4.63.